The zero-order chi connectivity index (χ0) is 8.48. The van der Waals surface area contributed by atoms with Crippen LogP contribution >= 0.6 is 11.3 Å². The molecule has 7 heteroatoms. The van der Waals surface area contributed by atoms with Crippen LogP contribution in [0.5, 0.6) is 0 Å². The van der Waals surface area contributed by atoms with E-state index in [1.807, 2.05) is 0 Å². The van der Waals surface area contributed by atoms with E-state index in [-0.39, 0.29) is 10.2 Å². The number of alkyl halides is 1. The van der Waals surface area contributed by atoms with Crippen molar-refractivity contribution in [2.75, 3.05) is 11.7 Å². The number of hydrogen-bond acceptors (Lipinski definition) is 5. The molecule has 0 amide bonds. The number of aromatic nitrogens is 1. The van der Waals surface area contributed by atoms with Crippen LogP contribution in [0.3, 0.4) is 0 Å². The van der Waals surface area contributed by atoms with E-state index in [0.717, 1.165) is 11.3 Å². The van der Waals surface area contributed by atoms with Gasteiger partial charge < -0.3 is 5.73 Å². The molecule has 0 unspecified atom stereocenters. The van der Waals surface area contributed by atoms with Gasteiger partial charge in [-0.25, -0.2) is 17.8 Å². The number of sulfone groups is 1. The third-order valence-corrected chi connectivity index (χ3v) is 2.92. The van der Waals surface area contributed by atoms with Gasteiger partial charge in [-0.2, -0.15) is 0 Å². The molecule has 0 radical (unpaired) electrons. The summed E-state index contributed by atoms with van der Waals surface area (Å²) < 4.78 is 33.3. The van der Waals surface area contributed by atoms with Crippen molar-refractivity contribution in [3.8, 4) is 0 Å². The number of hydrogen-bond donors (Lipinski definition) is 1. The zero-order valence-corrected chi connectivity index (χ0v) is 6.95. The molecule has 1 aromatic rings. The smallest absolute Gasteiger partial charge is 0.225 e. The van der Waals surface area contributed by atoms with Gasteiger partial charge >= 0.3 is 0 Å². The maximum absolute atomic E-state index is 11.8. The highest BCUT2D eigenvalue weighted by Gasteiger charge is 2.16. The van der Waals surface area contributed by atoms with Crippen LogP contribution in [0.4, 0.5) is 9.52 Å². The molecule has 1 aromatic heterocycles. The Hall–Kier alpha value is -0.690. The molecule has 0 spiro atoms. The summed E-state index contributed by atoms with van der Waals surface area (Å²) in [4.78, 5) is 3.42. The molecule has 0 atom stereocenters. The lowest BCUT2D eigenvalue weighted by molar-refractivity contribution is 0.532. The Labute approximate surface area is 66.8 Å². The number of halogens is 1. The second kappa shape index (κ2) is 2.74. The molecule has 0 aliphatic rings. The maximum Gasteiger partial charge on any atom is 0.225 e. The fraction of sp³-hybridized carbons (Fsp3) is 0.250. The first-order chi connectivity index (χ1) is 5.06. The van der Waals surface area contributed by atoms with Crippen LogP contribution in [0.1, 0.15) is 0 Å². The van der Waals surface area contributed by atoms with E-state index >= 15 is 0 Å². The van der Waals surface area contributed by atoms with Crippen molar-refractivity contribution in [3.05, 3.63) is 5.38 Å². The summed E-state index contributed by atoms with van der Waals surface area (Å²) in [6, 6.07) is -1.43. The lowest BCUT2D eigenvalue weighted by atomic mass is 11.0. The van der Waals surface area contributed by atoms with Crippen molar-refractivity contribution in [1.29, 1.82) is 0 Å². The summed E-state index contributed by atoms with van der Waals surface area (Å²) in [5.74, 6) is 0. The third-order valence-electron chi connectivity index (χ3n) is 0.963. The summed E-state index contributed by atoms with van der Waals surface area (Å²) >= 11 is 0.967. The SMILES string of the molecule is Nc1nc(S(=O)(=O)CF)cs1. The van der Waals surface area contributed by atoms with Crippen LogP contribution in [0.2, 0.25) is 0 Å². The number of nitrogens with zero attached hydrogens (tertiary/aromatic N) is 1. The van der Waals surface area contributed by atoms with E-state index in [0.29, 0.717) is 0 Å². The van der Waals surface area contributed by atoms with Crippen LogP contribution in [-0.2, 0) is 9.84 Å². The Morgan fingerprint density at radius 3 is 2.73 bits per heavy atom. The molecular formula is C4H5FN2O2S2. The zero-order valence-electron chi connectivity index (χ0n) is 5.32. The molecule has 62 valence electrons. The van der Waals surface area contributed by atoms with Gasteiger partial charge in [-0.1, -0.05) is 0 Å². The fourth-order valence-electron chi connectivity index (χ4n) is 0.471. The fourth-order valence-corrected chi connectivity index (χ4v) is 2.03. The van der Waals surface area contributed by atoms with Crippen molar-refractivity contribution in [2.45, 2.75) is 5.03 Å². The number of anilines is 1. The molecule has 0 saturated heterocycles. The first-order valence-electron chi connectivity index (χ1n) is 2.56. The van der Waals surface area contributed by atoms with Gasteiger partial charge in [0.25, 0.3) is 0 Å². The van der Waals surface area contributed by atoms with Crippen molar-refractivity contribution < 1.29 is 12.8 Å². The monoisotopic (exact) mass is 196 g/mol. The molecule has 0 aliphatic heterocycles. The Bertz CT molecular complexity index is 345. The Kier molecular flexibility index (Phi) is 2.10. The van der Waals surface area contributed by atoms with Gasteiger partial charge in [0.1, 0.15) is 0 Å². The average molecular weight is 196 g/mol. The molecule has 4 nitrogen and oxygen atoms in total. The Morgan fingerprint density at radius 1 is 1.73 bits per heavy atom. The highest BCUT2D eigenvalue weighted by Crippen LogP contribution is 2.16. The minimum atomic E-state index is -3.82. The molecular weight excluding hydrogens is 191 g/mol. The minimum Gasteiger partial charge on any atom is -0.375 e. The van der Waals surface area contributed by atoms with Crippen LogP contribution in [0.25, 0.3) is 0 Å². The molecule has 0 saturated carbocycles. The van der Waals surface area contributed by atoms with Crippen LogP contribution in [0.15, 0.2) is 10.4 Å². The van der Waals surface area contributed by atoms with Crippen molar-refractivity contribution in [2.24, 2.45) is 0 Å². The molecule has 11 heavy (non-hydrogen) atoms. The van der Waals surface area contributed by atoms with Crippen LogP contribution in [-0.4, -0.2) is 19.4 Å². The predicted octanol–water partition coefficient (Wildman–Crippen LogP) is 0.426. The quantitative estimate of drug-likeness (QED) is 0.744. The molecule has 0 aromatic carbocycles. The van der Waals surface area contributed by atoms with Gasteiger partial charge in [0.2, 0.25) is 9.84 Å². The summed E-state index contributed by atoms with van der Waals surface area (Å²) in [5, 5.41) is 1.05. The van der Waals surface area contributed by atoms with E-state index in [1.54, 1.807) is 0 Å². The van der Waals surface area contributed by atoms with E-state index < -0.39 is 15.8 Å². The van der Waals surface area contributed by atoms with Gasteiger partial charge in [0, 0.05) is 5.38 Å². The highest BCUT2D eigenvalue weighted by molar-refractivity contribution is 7.91. The van der Waals surface area contributed by atoms with Crippen molar-refractivity contribution in [1.82, 2.24) is 4.98 Å². The second-order valence-corrected chi connectivity index (χ2v) is 4.50. The van der Waals surface area contributed by atoms with Gasteiger partial charge in [-0.15, -0.1) is 11.3 Å². The summed E-state index contributed by atoms with van der Waals surface area (Å²) in [5.41, 5.74) is 5.15. The maximum atomic E-state index is 11.8. The third kappa shape index (κ3) is 1.66. The van der Waals surface area contributed by atoms with Gasteiger partial charge in [0.15, 0.2) is 16.2 Å². The molecule has 0 bridgehead atoms. The minimum absolute atomic E-state index is 0.122. The number of nitrogen functional groups attached to an aromatic ring is 1. The van der Waals surface area contributed by atoms with E-state index in [1.165, 1.54) is 5.38 Å². The standard InChI is InChI=1S/C4H5FN2O2S2/c5-2-11(8,9)3-1-10-4(6)7-3/h1H,2H2,(H2,6,7). The Balaban J connectivity index is 3.13. The van der Waals surface area contributed by atoms with Gasteiger partial charge in [0.05, 0.1) is 0 Å². The van der Waals surface area contributed by atoms with Crippen molar-refractivity contribution >= 4 is 26.3 Å². The Morgan fingerprint density at radius 2 is 2.36 bits per heavy atom. The summed E-state index contributed by atoms with van der Waals surface area (Å²) in [6.45, 7) is 0. The normalized spacial score (nSPS) is 11.7. The van der Waals surface area contributed by atoms with Gasteiger partial charge in [-0.3, -0.25) is 0 Å². The first-order valence-corrected chi connectivity index (χ1v) is 5.09. The predicted molar refractivity (Wildman–Crippen MR) is 39.7 cm³/mol. The topological polar surface area (TPSA) is 73.0 Å². The molecule has 1 heterocycles. The number of nitrogens with two attached hydrogens (primary N) is 1. The summed E-state index contributed by atoms with van der Waals surface area (Å²) in [6.07, 6.45) is 0. The molecule has 2 N–H and O–H groups in total. The van der Waals surface area contributed by atoms with E-state index in [9.17, 15) is 12.8 Å². The largest absolute Gasteiger partial charge is 0.375 e. The van der Waals surface area contributed by atoms with Gasteiger partial charge in [-0.05, 0) is 0 Å². The second-order valence-electron chi connectivity index (χ2n) is 1.75. The highest BCUT2D eigenvalue weighted by atomic mass is 32.2. The van der Waals surface area contributed by atoms with E-state index in [4.69, 9.17) is 5.73 Å². The van der Waals surface area contributed by atoms with Crippen LogP contribution < -0.4 is 5.73 Å². The number of thiazole rings is 1. The lowest BCUT2D eigenvalue weighted by Gasteiger charge is -1.89. The van der Waals surface area contributed by atoms with Crippen LogP contribution in [0, 0.1) is 0 Å². The molecule has 0 fully saturated rings. The summed E-state index contributed by atoms with van der Waals surface area (Å²) in [7, 11) is -3.82. The van der Waals surface area contributed by atoms with Crippen molar-refractivity contribution in [3.63, 3.8) is 0 Å². The molecule has 1 rings (SSSR count). The number of rotatable bonds is 2. The first kappa shape index (κ1) is 8.41. The van der Waals surface area contributed by atoms with E-state index in [2.05, 4.69) is 4.98 Å². The lowest BCUT2D eigenvalue weighted by Crippen LogP contribution is -2.02. The average Bonchev–Trinajstić information content (AvgIpc) is 2.36. The molecule has 0 aliphatic carbocycles.